The second kappa shape index (κ2) is 11.3. The summed E-state index contributed by atoms with van der Waals surface area (Å²) in [6.07, 6.45) is 0. The Morgan fingerprint density at radius 3 is 1.80 bits per heavy atom. The molecule has 2 heteroatoms. The van der Waals surface area contributed by atoms with Crippen LogP contribution in [0, 0.1) is 0 Å². The van der Waals surface area contributed by atoms with Gasteiger partial charge in [0.25, 0.3) is 0 Å². The van der Waals surface area contributed by atoms with E-state index < -0.39 is 0 Å². The van der Waals surface area contributed by atoms with Crippen molar-refractivity contribution in [1.82, 2.24) is 0 Å². The number of anilines is 3. The van der Waals surface area contributed by atoms with Gasteiger partial charge in [-0.2, -0.15) is 0 Å². The molecule has 0 saturated heterocycles. The van der Waals surface area contributed by atoms with Crippen LogP contribution in [0.3, 0.4) is 0 Å². The third kappa shape index (κ3) is 4.64. The minimum Gasteiger partial charge on any atom is -0.456 e. The van der Waals surface area contributed by atoms with E-state index in [2.05, 4.69) is 195 Å². The number of benzene rings is 8. The Hall–Kier alpha value is -6.38. The monoisotopic (exact) mass is 653 g/mol. The molecular formula is C49H35NO. The molecule has 1 aromatic heterocycles. The zero-order valence-corrected chi connectivity index (χ0v) is 28.6. The predicted molar refractivity (Wildman–Crippen MR) is 214 cm³/mol. The quantitative estimate of drug-likeness (QED) is 0.184. The summed E-state index contributed by atoms with van der Waals surface area (Å²) in [4.78, 5) is 2.35. The molecule has 1 heterocycles. The topological polar surface area (TPSA) is 16.4 Å². The lowest BCUT2D eigenvalue weighted by Crippen LogP contribution is -2.16. The molecule has 0 spiro atoms. The number of furan rings is 1. The van der Waals surface area contributed by atoms with Crippen LogP contribution in [-0.4, -0.2) is 0 Å². The predicted octanol–water partition coefficient (Wildman–Crippen LogP) is 13.8. The first-order chi connectivity index (χ1) is 25.0. The van der Waals surface area contributed by atoms with Gasteiger partial charge in [-0.3, -0.25) is 0 Å². The van der Waals surface area contributed by atoms with Crippen molar-refractivity contribution in [2.24, 2.45) is 0 Å². The van der Waals surface area contributed by atoms with Crippen LogP contribution in [0.25, 0.3) is 66.1 Å². The standard InChI is InChI=1S/C49H35NO/c1-49(2)44-20-12-11-18-39(44)40-27-25-36(29-45(40)49)50(35-15-7-4-8-16-35)37-26-28-42-46(30-37)51-47-31-43(38-17-9-10-19-41(38)48(42)47)34-23-21-33(22-24-34)32-13-5-3-6-14-32/h3-31H,1-2H3. The van der Waals surface area contributed by atoms with Crippen LogP contribution in [-0.2, 0) is 5.41 Å². The SMILES string of the molecule is CC1(C)c2ccccc2-c2ccc(N(c3ccccc3)c3ccc4c(c3)oc3cc(-c5ccc(-c6ccccc6)cc5)c5ccccc5c34)cc21. The maximum absolute atomic E-state index is 6.80. The van der Waals surface area contributed by atoms with Crippen molar-refractivity contribution in [3.63, 3.8) is 0 Å². The number of nitrogens with zero attached hydrogens (tertiary/aromatic N) is 1. The van der Waals surface area contributed by atoms with Crippen LogP contribution >= 0.6 is 0 Å². The van der Waals surface area contributed by atoms with E-state index >= 15 is 0 Å². The van der Waals surface area contributed by atoms with Crippen molar-refractivity contribution in [2.75, 3.05) is 4.90 Å². The maximum atomic E-state index is 6.80. The summed E-state index contributed by atoms with van der Waals surface area (Å²) in [6, 6.07) is 63.4. The fraction of sp³-hybridized carbons (Fsp3) is 0.0612. The van der Waals surface area contributed by atoms with Crippen LogP contribution in [0.2, 0.25) is 0 Å². The van der Waals surface area contributed by atoms with Gasteiger partial charge in [0.2, 0.25) is 0 Å². The highest BCUT2D eigenvalue weighted by Gasteiger charge is 2.35. The molecule has 2 nitrogen and oxygen atoms in total. The highest BCUT2D eigenvalue weighted by Crippen LogP contribution is 2.51. The molecule has 10 rings (SSSR count). The molecule has 0 N–H and O–H groups in total. The van der Waals surface area contributed by atoms with E-state index in [4.69, 9.17) is 4.42 Å². The van der Waals surface area contributed by atoms with E-state index in [1.54, 1.807) is 0 Å². The van der Waals surface area contributed by atoms with E-state index in [0.717, 1.165) is 39.0 Å². The summed E-state index contributed by atoms with van der Waals surface area (Å²) in [5.74, 6) is 0. The van der Waals surface area contributed by atoms with Gasteiger partial charge < -0.3 is 9.32 Å². The molecule has 0 fully saturated rings. The van der Waals surface area contributed by atoms with Crippen molar-refractivity contribution in [1.29, 1.82) is 0 Å². The first-order valence-corrected chi connectivity index (χ1v) is 17.7. The Kier molecular flexibility index (Phi) is 6.56. The largest absolute Gasteiger partial charge is 0.456 e. The van der Waals surface area contributed by atoms with Crippen molar-refractivity contribution >= 4 is 49.8 Å². The van der Waals surface area contributed by atoms with E-state index in [9.17, 15) is 0 Å². The van der Waals surface area contributed by atoms with Crippen molar-refractivity contribution in [3.05, 3.63) is 187 Å². The summed E-state index contributed by atoms with van der Waals surface area (Å²) in [6.45, 7) is 4.68. The van der Waals surface area contributed by atoms with Crippen LogP contribution in [0.5, 0.6) is 0 Å². The van der Waals surface area contributed by atoms with Crippen LogP contribution in [0.1, 0.15) is 25.0 Å². The molecule has 0 atom stereocenters. The molecule has 9 aromatic rings. The number of para-hydroxylation sites is 1. The number of rotatable bonds is 5. The number of hydrogen-bond acceptors (Lipinski definition) is 2. The summed E-state index contributed by atoms with van der Waals surface area (Å²) < 4.78 is 6.80. The minimum absolute atomic E-state index is 0.0897. The van der Waals surface area contributed by atoms with Crippen molar-refractivity contribution in [2.45, 2.75) is 19.3 Å². The Morgan fingerprint density at radius 2 is 1.00 bits per heavy atom. The fourth-order valence-corrected chi connectivity index (χ4v) is 8.33. The Bertz CT molecular complexity index is 2760. The van der Waals surface area contributed by atoms with Crippen molar-refractivity contribution in [3.8, 4) is 33.4 Å². The highest BCUT2D eigenvalue weighted by atomic mass is 16.3. The van der Waals surface area contributed by atoms with Gasteiger partial charge in [-0.15, -0.1) is 0 Å². The molecular weight excluding hydrogens is 619 g/mol. The van der Waals surface area contributed by atoms with E-state index in [1.807, 2.05) is 0 Å². The first-order valence-electron chi connectivity index (χ1n) is 17.7. The molecule has 51 heavy (non-hydrogen) atoms. The Balaban J connectivity index is 1.12. The highest BCUT2D eigenvalue weighted by molar-refractivity contribution is 6.22. The van der Waals surface area contributed by atoms with Crippen LogP contribution in [0.4, 0.5) is 17.1 Å². The van der Waals surface area contributed by atoms with E-state index in [0.29, 0.717) is 0 Å². The van der Waals surface area contributed by atoms with Gasteiger partial charge in [-0.05, 0) is 97.7 Å². The van der Waals surface area contributed by atoms with Gasteiger partial charge in [-0.1, -0.05) is 141 Å². The summed E-state index contributed by atoms with van der Waals surface area (Å²) in [5.41, 5.74) is 15.1. The first kappa shape index (κ1) is 29.5. The zero-order chi connectivity index (χ0) is 34.1. The molecule has 1 aliphatic carbocycles. The minimum atomic E-state index is -0.0897. The zero-order valence-electron chi connectivity index (χ0n) is 28.6. The van der Waals surface area contributed by atoms with Crippen molar-refractivity contribution < 1.29 is 4.42 Å². The van der Waals surface area contributed by atoms with Gasteiger partial charge in [0.05, 0.1) is 0 Å². The molecule has 0 unspecified atom stereocenters. The van der Waals surface area contributed by atoms with Gasteiger partial charge in [0.15, 0.2) is 0 Å². The van der Waals surface area contributed by atoms with Gasteiger partial charge in [0.1, 0.15) is 11.2 Å². The fourth-order valence-electron chi connectivity index (χ4n) is 8.33. The Morgan fingerprint density at radius 1 is 0.392 bits per heavy atom. The average Bonchev–Trinajstić information content (AvgIpc) is 3.67. The lowest BCUT2D eigenvalue weighted by molar-refractivity contribution is 0.660. The smallest absolute Gasteiger partial charge is 0.137 e. The summed E-state index contributed by atoms with van der Waals surface area (Å²) >= 11 is 0. The molecule has 8 aromatic carbocycles. The molecule has 242 valence electrons. The summed E-state index contributed by atoms with van der Waals surface area (Å²) in [5, 5.41) is 4.69. The van der Waals surface area contributed by atoms with Gasteiger partial charge in [-0.25, -0.2) is 0 Å². The molecule has 0 radical (unpaired) electrons. The van der Waals surface area contributed by atoms with Gasteiger partial charge in [0, 0.05) is 39.3 Å². The third-order valence-corrected chi connectivity index (χ3v) is 10.9. The molecule has 0 saturated carbocycles. The second-order valence-electron chi connectivity index (χ2n) is 14.1. The van der Waals surface area contributed by atoms with E-state index in [1.165, 1.54) is 55.3 Å². The average molecular weight is 654 g/mol. The maximum Gasteiger partial charge on any atom is 0.137 e. The third-order valence-electron chi connectivity index (χ3n) is 10.9. The summed E-state index contributed by atoms with van der Waals surface area (Å²) in [7, 11) is 0. The molecule has 0 aliphatic heterocycles. The van der Waals surface area contributed by atoms with Crippen LogP contribution < -0.4 is 4.90 Å². The molecule has 0 bridgehead atoms. The van der Waals surface area contributed by atoms with Crippen LogP contribution in [0.15, 0.2) is 180 Å². The molecule has 0 amide bonds. The normalized spacial score (nSPS) is 13.1. The number of fused-ring (bicyclic) bond motifs is 8. The second-order valence-corrected chi connectivity index (χ2v) is 14.1. The van der Waals surface area contributed by atoms with Gasteiger partial charge >= 0.3 is 0 Å². The lowest BCUT2D eigenvalue weighted by atomic mass is 9.82. The lowest BCUT2D eigenvalue weighted by Gasteiger charge is -2.28. The Labute approximate surface area is 297 Å². The molecule has 1 aliphatic rings. The van der Waals surface area contributed by atoms with E-state index in [-0.39, 0.29) is 5.41 Å². The number of hydrogen-bond donors (Lipinski definition) is 0.